The van der Waals surface area contributed by atoms with Crippen molar-refractivity contribution in [3.63, 3.8) is 0 Å². The first kappa shape index (κ1) is 13.4. The number of hydrogen-bond donors (Lipinski definition) is 2. The minimum atomic E-state index is -0.302. The molecule has 0 spiro atoms. The molecule has 0 radical (unpaired) electrons. The Morgan fingerprint density at radius 2 is 2.06 bits per heavy atom. The zero-order valence-corrected chi connectivity index (χ0v) is 11.2. The van der Waals surface area contributed by atoms with Crippen molar-refractivity contribution in [2.45, 2.75) is 25.7 Å². The van der Waals surface area contributed by atoms with Crippen molar-refractivity contribution in [2.24, 2.45) is 0 Å². The highest BCUT2D eigenvalue weighted by Crippen LogP contribution is 2.12. The normalized spacial score (nSPS) is 17.4. The Bertz CT molecular complexity index is 426. The summed E-state index contributed by atoms with van der Waals surface area (Å²) in [6.07, 6.45) is 6.60. The number of aromatic nitrogens is 2. The lowest BCUT2D eigenvalue weighted by molar-refractivity contribution is 0.296. The van der Waals surface area contributed by atoms with Crippen LogP contribution in [0.3, 0.4) is 0 Å². The molecule has 1 fully saturated rings. The fraction of sp³-hybridized carbons (Fsp3) is 0.667. The van der Waals surface area contributed by atoms with Gasteiger partial charge >= 0.3 is 0 Å². The Balaban J connectivity index is 1.80. The highest BCUT2D eigenvalue weighted by atomic mass is 35.5. The van der Waals surface area contributed by atoms with Crippen molar-refractivity contribution in [3.8, 4) is 0 Å². The second-order valence-corrected chi connectivity index (χ2v) is 4.95. The number of nitrogens with one attached hydrogen (secondary N) is 2. The van der Waals surface area contributed by atoms with Crippen LogP contribution in [0.4, 0.5) is 5.82 Å². The van der Waals surface area contributed by atoms with Gasteiger partial charge in [-0.15, -0.1) is 0 Å². The molecule has 1 saturated heterocycles. The Morgan fingerprint density at radius 3 is 2.78 bits per heavy atom. The first-order valence-corrected chi connectivity index (χ1v) is 6.84. The molecule has 0 bridgehead atoms. The van der Waals surface area contributed by atoms with Crippen LogP contribution in [0.25, 0.3) is 0 Å². The van der Waals surface area contributed by atoms with Gasteiger partial charge in [-0.2, -0.15) is 0 Å². The van der Waals surface area contributed by atoms with Crippen molar-refractivity contribution >= 4 is 17.4 Å². The van der Waals surface area contributed by atoms with E-state index < -0.39 is 0 Å². The monoisotopic (exact) mass is 270 g/mol. The summed E-state index contributed by atoms with van der Waals surface area (Å²) in [5.41, 5.74) is -0.302. The van der Waals surface area contributed by atoms with Gasteiger partial charge in [0, 0.05) is 13.1 Å². The van der Waals surface area contributed by atoms with Crippen molar-refractivity contribution in [3.05, 3.63) is 21.7 Å². The molecular formula is C12H19ClN4O. The summed E-state index contributed by atoms with van der Waals surface area (Å²) >= 11 is 5.86. The molecule has 1 aromatic rings. The van der Waals surface area contributed by atoms with E-state index in [0.29, 0.717) is 5.82 Å². The number of anilines is 1. The molecule has 1 aromatic heterocycles. The van der Waals surface area contributed by atoms with Gasteiger partial charge in [0.1, 0.15) is 5.02 Å². The van der Waals surface area contributed by atoms with E-state index in [9.17, 15) is 4.79 Å². The number of H-pyrrole nitrogens is 1. The maximum absolute atomic E-state index is 11.3. The maximum atomic E-state index is 11.3. The number of likely N-dealkylation sites (tertiary alicyclic amines) is 1. The van der Waals surface area contributed by atoms with Crippen LogP contribution in [0.15, 0.2) is 11.1 Å². The van der Waals surface area contributed by atoms with Gasteiger partial charge in [-0.1, -0.05) is 24.4 Å². The third-order valence-corrected chi connectivity index (χ3v) is 3.57. The van der Waals surface area contributed by atoms with E-state index in [4.69, 9.17) is 11.6 Å². The van der Waals surface area contributed by atoms with Crippen LogP contribution < -0.4 is 10.9 Å². The van der Waals surface area contributed by atoms with E-state index in [1.807, 2.05) is 0 Å². The molecule has 0 aliphatic carbocycles. The molecule has 100 valence electrons. The zero-order chi connectivity index (χ0) is 12.8. The Kier molecular flexibility index (Phi) is 5.01. The number of nitrogens with zero attached hydrogens (tertiary/aromatic N) is 2. The summed E-state index contributed by atoms with van der Waals surface area (Å²) in [4.78, 5) is 20.2. The van der Waals surface area contributed by atoms with Crippen LogP contribution in [0.5, 0.6) is 0 Å². The Labute approximate surface area is 112 Å². The number of hydrogen-bond acceptors (Lipinski definition) is 4. The van der Waals surface area contributed by atoms with Gasteiger partial charge < -0.3 is 15.2 Å². The van der Waals surface area contributed by atoms with E-state index in [2.05, 4.69) is 20.2 Å². The van der Waals surface area contributed by atoms with Crippen LogP contribution in [-0.2, 0) is 0 Å². The lowest BCUT2D eigenvalue weighted by Crippen LogP contribution is -2.30. The van der Waals surface area contributed by atoms with Crippen LogP contribution in [0.2, 0.25) is 5.02 Å². The molecule has 18 heavy (non-hydrogen) atoms. The SMILES string of the molecule is O=c1[nH]cnc(NCCN2CCCCCC2)c1Cl. The van der Waals surface area contributed by atoms with Gasteiger partial charge in [0.15, 0.2) is 5.82 Å². The summed E-state index contributed by atoms with van der Waals surface area (Å²) in [5, 5.41) is 3.25. The smallest absolute Gasteiger partial charge is 0.271 e. The largest absolute Gasteiger partial charge is 0.367 e. The van der Waals surface area contributed by atoms with Gasteiger partial charge in [-0.3, -0.25) is 4.79 Å². The predicted octanol–water partition coefficient (Wildman–Crippen LogP) is 1.71. The molecule has 1 aliphatic heterocycles. The fourth-order valence-electron chi connectivity index (χ4n) is 2.20. The molecular weight excluding hydrogens is 252 g/mol. The lowest BCUT2D eigenvalue weighted by Gasteiger charge is -2.19. The van der Waals surface area contributed by atoms with Crippen LogP contribution >= 0.6 is 11.6 Å². The van der Waals surface area contributed by atoms with Crippen LogP contribution in [0, 0.1) is 0 Å². The lowest BCUT2D eigenvalue weighted by atomic mass is 10.2. The molecule has 0 saturated carbocycles. The zero-order valence-electron chi connectivity index (χ0n) is 10.4. The summed E-state index contributed by atoms with van der Waals surface area (Å²) < 4.78 is 0. The standard InChI is InChI=1S/C12H19ClN4O/c13-10-11(15-9-16-12(10)18)14-5-8-17-6-3-1-2-4-7-17/h9H,1-8H2,(H2,14,15,16,18). The van der Waals surface area contributed by atoms with Crippen molar-refractivity contribution in [1.29, 1.82) is 0 Å². The number of halogens is 1. The first-order valence-electron chi connectivity index (χ1n) is 6.47. The molecule has 2 rings (SSSR count). The van der Waals surface area contributed by atoms with E-state index in [0.717, 1.165) is 26.2 Å². The van der Waals surface area contributed by atoms with Gasteiger partial charge in [0.25, 0.3) is 5.56 Å². The molecule has 0 unspecified atom stereocenters. The molecule has 0 amide bonds. The van der Waals surface area contributed by atoms with Gasteiger partial charge in [-0.25, -0.2) is 4.98 Å². The minimum absolute atomic E-state index is 0.133. The fourth-order valence-corrected chi connectivity index (χ4v) is 2.37. The van der Waals surface area contributed by atoms with E-state index in [1.165, 1.54) is 32.0 Å². The number of rotatable bonds is 4. The molecule has 6 heteroatoms. The molecule has 1 aliphatic rings. The average Bonchev–Trinajstić information content (AvgIpc) is 2.63. The summed E-state index contributed by atoms with van der Waals surface area (Å²) in [5.74, 6) is 0.468. The van der Waals surface area contributed by atoms with E-state index >= 15 is 0 Å². The Morgan fingerprint density at radius 1 is 1.33 bits per heavy atom. The van der Waals surface area contributed by atoms with Crippen molar-refractivity contribution in [1.82, 2.24) is 14.9 Å². The second-order valence-electron chi connectivity index (χ2n) is 4.58. The quantitative estimate of drug-likeness (QED) is 0.874. The van der Waals surface area contributed by atoms with Gasteiger partial charge in [-0.05, 0) is 25.9 Å². The number of aromatic amines is 1. The molecule has 5 nitrogen and oxygen atoms in total. The van der Waals surface area contributed by atoms with E-state index in [-0.39, 0.29) is 10.6 Å². The average molecular weight is 271 g/mol. The highest BCUT2D eigenvalue weighted by Gasteiger charge is 2.09. The second kappa shape index (κ2) is 6.75. The predicted molar refractivity (Wildman–Crippen MR) is 73.3 cm³/mol. The third kappa shape index (κ3) is 3.71. The summed E-state index contributed by atoms with van der Waals surface area (Å²) in [6, 6.07) is 0. The highest BCUT2D eigenvalue weighted by molar-refractivity contribution is 6.32. The van der Waals surface area contributed by atoms with Gasteiger partial charge in [0.05, 0.1) is 6.33 Å². The molecule has 0 atom stereocenters. The van der Waals surface area contributed by atoms with Crippen LogP contribution in [-0.4, -0.2) is 41.0 Å². The molecule has 2 heterocycles. The van der Waals surface area contributed by atoms with Gasteiger partial charge in [0.2, 0.25) is 0 Å². The van der Waals surface area contributed by atoms with Crippen molar-refractivity contribution in [2.75, 3.05) is 31.5 Å². The van der Waals surface area contributed by atoms with E-state index in [1.54, 1.807) is 0 Å². The first-order chi connectivity index (χ1) is 8.77. The third-order valence-electron chi connectivity index (χ3n) is 3.22. The maximum Gasteiger partial charge on any atom is 0.271 e. The summed E-state index contributed by atoms with van der Waals surface area (Å²) in [6.45, 7) is 4.05. The Hall–Kier alpha value is -1.07. The molecule has 2 N–H and O–H groups in total. The molecule has 0 aromatic carbocycles. The van der Waals surface area contributed by atoms with Crippen molar-refractivity contribution < 1.29 is 0 Å². The summed E-state index contributed by atoms with van der Waals surface area (Å²) in [7, 11) is 0. The topological polar surface area (TPSA) is 61.0 Å². The van der Waals surface area contributed by atoms with Crippen LogP contribution in [0.1, 0.15) is 25.7 Å². The minimum Gasteiger partial charge on any atom is -0.367 e.